The lowest BCUT2D eigenvalue weighted by Crippen LogP contribution is -2.41. The van der Waals surface area contributed by atoms with Gasteiger partial charge in [0.2, 0.25) is 0 Å². The molecule has 1 aromatic carbocycles. The Labute approximate surface area is 135 Å². The van der Waals surface area contributed by atoms with Gasteiger partial charge in [-0.1, -0.05) is 6.07 Å². The van der Waals surface area contributed by atoms with Crippen LogP contribution in [0.15, 0.2) is 12.1 Å². The lowest BCUT2D eigenvalue weighted by Gasteiger charge is -2.32. The molecule has 23 heavy (non-hydrogen) atoms. The normalized spacial score (nSPS) is 19.3. The Hall–Kier alpha value is -1.47. The summed E-state index contributed by atoms with van der Waals surface area (Å²) in [6, 6.07) is 2.40. The number of hydrogen-bond acceptors (Lipinski definition) is 3. The van der Waals surface area contributed by atoms with Crippen LogP contribution in [-0.2, 0) is 9.31 Å². The number of benzene rings is 1. The van der Waals surface area contributed by atoms with Gasteiger partial charge in [0.25, 0.3) is 5.91 Å². The van der Waals surface area contributed by atoms with E-state index in [1.165, 1.54) is 12.1 Å². The minimum absolute atomic E-state index is 0.0535. The van der Waals surface area contributed by atoms with Gasteiger partial charge in [0.05, 0.1) is 16.8 Å². The van der Waals surface area contributed by atoms with Gasteiger partial charge in [-0.05, 0) is 47.6 Å². The van der Waals surface area contributed by atoms with Crippen molar-refractivity contribution >= 4 is 18.5 Å². The van der Waals surface area contributed by atoms with Gasteiger partial charge in [0.1, 0.15) is 0 Å². The third-order valence-electron chi connectivity index (χ3n) is 4.28. The highest BCUT2D eigenvalue weighted by atomic mass is 19.2. The van der Waals surface area contributed by atoms with Crippen LogP contribution in [0.5, 0.6) is 0 Å². The minimum Gasteiger partial charge on any atom is -0.399 e. The molecule has 0 aliphatic carbocycles. The SMILES string of the molecule is CC(C)NC(=O)c1ccc(B2OC(C)(C)C(C)(C)O2)c(F)c1F. The molecule has 1 aliphatic rings. The summed E-state index contributed by atoms with van der Waals surface area (Å²) < 4.78 is 40.1. The molecule has 2 rings (SSSR count). The average Bonchev–Trinajstić information content (AvgIpc) is 2.60. The first kappa shape index (κ1) is 17.9. The first-order valence-corrected chi connectivity index (χ1v) is 7.60. The molecular formula is C16H22BF2NO3. The Morgan fingerprint density at radius 2 is 1.61 bits per heavy atom. The third-order valence-corrected chi connectivity index (χ3v) is 4.28. The summed E-state index contributed by atoms with van der Waals surface area (Å²) in [7, 11) is -1.02. The van der Waals surface area contributed by atoms with E-state index in [0.29, 0.717) is 0 Å². The van der Waals surface area contributed by atoms with E-state index in [1.807, 2.05) is 27.7 Å². The fourth-order valence-corrected chi connectivity index (χ4v) is 2.23. The lowest BCUT2D eigenvalue weighted by atomic mass is 9.78. The van der Waals surface area contributed by atoms with E-state index in [9.17, 15) is 13.6 Å². The molecule has 1 N–H and O–H groups in total. The Morgan fingerprint density at radius 1 is 1.09 bits per heavy atom. The molecule has 1 aliphatic heterocycles. The molecule has 0 unspecified atom stereocenters. The number of rotatable bonds is 3. The molecule has 0 bridgehead atoms. The first-order chi connectivity index (χ1) is 10.5. The zero-order valence-electron chi connectivity index (χ0n) is 14.3. The number of carbonyl (C=O) groups excluding carboxylic acids is 1. The summed E-state index contributed by atoms with van der Waals surface area (Å²) in [6.07, 6.45) is 0. The van der Waals surface area contributed by atoms with Gasteiger partial charge in [-0.2, -0.15) is 0 Å². The van der Waals surface area contributed by atoms with Crippen LogP contribution in [0.4, 0.5) is 8.78 Å². The topological polar surface area (TPSA) is 47.6 Å². The van der Waals surface area contributed by atoms with Gasteiger partial charge in [-0.15, -0.1) is 0 Å². The van der Waals surface area contributed by atoms with Crippen molar-refractivity contribution in [2.75, 3.05) is 0 Å². The van der Waals surface area contributed by atoms with Crippen LogP contribution in [-0.4, -0.2) is 30.3 Å². The van der Waals surface area contributed by atoms with E-state index in [0.717, 1.165) is 0 Å². The molecular weight excluding hydrogens is 303 g/mol. The van der Waals surface area contributed by atoms with Gasteiger partial charge in [0, 0.05) is 11.5 Å². The predicted octanol–water partition coefficient (Wildman–Crippen LogP) is 2.40. The quantitative estimate of drug-likeness (QED) is 0.868. The highest BCUT2D eigenvalue weighted by Crippen LogP contribution is 2.36. The average molecular weight is 325 g/mol. The first-order valence-electron chi connectivity index (χ1n) is 7.60. The van der Waals surface area contributed by atoms with Crippen molar-refractivity contribution in [3.8, 4) is 0 Å². The largest absolute Gasteiger partial charge is 0.497 e. The fraction of sp³-hybridized carbons (Fsp3) is 0.562. The van der Waals surface area contributed by atoms with E-state index in [-0.39, 0.29) is 17.1 Å². The maximum Gasteiger partial charge on any atom is 0.497 e. The molecule has 1 amide bonds. The van der Waals surface area contributed by atoms with Crippen molar-refractivity contribution in [3.05, 3.63) is 29.3 Å². The molecule has 1 saturated heterocycles. The molecule has 0 radical (unpaired) electrons. The van der Waals surface area contributed by atoms with Crippen LogP contribution >= 0.6 is 0 Å². The number of amides is 1. The Kier molecular flexibility index (Phi) is 4.56. The van der Waals surface area contributed by atoms with Gasteiger partial charge in [-0.3, -0.25) is 4.79 Å². The van der Waals surface area contributed by atoms with E-state index in [2.05, 4.69) is 5.32 Å². The molecule has 1 heterocycles. The van der Waals surface area contributed by atoms with Crippen LogP contribution in [0, 0.1) is 11.6 Å². The summed E-state index contributed by atoms with van der Waals surface area (Å²) in [5.74, 6) is -2.98. The number of nitrogens with one attached hydrogen (secondary N) is 1. The molecule has 0 aromatic heterocycles. The summed E-state index contributed by atoms with van der Waals surface area (Å²) in [5, 5.41) is 2.53. The summed E-state index contributed by atoms with van der Waals surface area (Å²) in [6.45, 7) is 10.8. The zero-order chi connectivity index (χ0) is 17.6. The van der Waals surface area contributed by atoms with Gasteiger partial charge >= 0.3 is 7.12 Å². The van der Waals surface area contributed by atoms with Gasteiger partial charge < -0.3 is 14.6 Å². The molecule has 1 aromatic rings. The minimum atomic E-state index is -1.20. The fourth-order valence-electron chi connectivity index (χ4n) is 2.23. The Balaban J connectivity index is 2.34. The number of carbonyl (C=O) groups is 1. The molecule has 126 valence electrons. The summed E-state index contributed by atoms with van der Waals surface area (Å²) >= 11 is 0. The van der Waals surface area contributed by atoms with Crippen molar-refractivity contribution in [2.24, 2.45) is 0 Å². The maximum absolute atomic E-state index is 14.4. The Morgan fingerprint density at radius 3 is 2.09 bits per heavy atom. The molecule has 0 saturated carbocycles. The van der Waals surface area contributed by atoms with Crippen molar-refractivity contribution < 1.29 is 22.9 Å². The number of hydrogen-bond donors (Lipinski definition) is 1. The van der Waals surface area contributed by atoms with Crippen molar-refractivity contribution in [2.45, 2.75) is 58.8 Å². The standard InChI is InChI=1S/C16H22BF2NO3/c1-9(2)20-14(21)10-7-8-11(13(19)12(10)18)17-22-15(3,4)16(5,6)23-17/h7-9H,1-6H3,(H,20,21). The molecule has 1 fully saturated rings. The highest BCUT2D eigenvalue weighted by Gasteiger charge is 2.52. The van der Waals surface area contributed by atoms with Crippen LogP contribution in [0.1, 0.15) is 51.9 Å². The number of halogens is 2. The van der Waals surface area contributed by atoms with Crippen LogP contribution in [0.3, 0.4) is 0 Å². The van der Waals surface area contributed by atoms with Crippen LogP contribution in [0.2, 0.25) is 0 Å². The summed E-state index contributed by atoms with van der Waals surface area (Å²) in [5.41, 5.74) is -1.71. The molecule has 0 spiro atoms. The second kappa shape index (κ2) is 5.87. The van der Waals surface area contributed by atoms with Gasteiger partial charge in [-0.25, -0.2) is 8.78 Å². The molecule has 0 atom stereocenters. The van der Waals surface area contributed by atoms with E-state index >= 15 is 0 Å². The second-order valence-corrected chi connectivity index (χ2v) is 7.05. The predicted molar refractivity (Wildman–Crippen MR) is 84.7 cm³/mol. The lowest BCUT2D eigenvalue weighted by molar-refractivity contribution is 0.00578. The monoisotopic (exact) mass is 325 g/mol. The smallest absolute Gasteiger partial charge is 0.399 e. The van der Waals surface area contributed by atoms with Crippen molar-refractivity contribution in [3.63, 3.8) is 0 Å². The second-order valence-electron chi connectivity index (χ2n) is 7.05. The molecule has 4 nitrogen and oxygen atoms in total. The highest BCUT2D eigenvalue weighted by molar-refractivity contribution is 6.62. The summed E-state index contributed by atoms with van der Waals surface area (Å²) in [4.78, 5) is 11.9. The zero-order valence-corrected chi connectivity index (χ0v) is 14.3. The Bertz CT molecular complexity index is 616. The van der Waals surface area contributed by atoms with E-state index in [1.54, 1.807) is 13.8 Å². The van der Waals surface area contributed by atoms with Crippen molar-refractivity contribution in [1.29, 1.82) is 0 Å². The van der Waals surface area contributed by atoms with Crippen LogP contribution in [0.25, 0.3) is 0 Å². The van der Waals surface area contributed by atoms with Crippen molar-refractivity contribution in [1.82, 2.24) is 5.32 Å². The van der Waals surface area contributed by atoms with E-state index < -0.39 is 35.9 Å². The third kappa shape index (κ3) is 3.26. The maximum atomic E-state index is 14.4. The van der Waals surface area contributed by atoms with Gasteiger partial charge in [0.15, 0.2) is 11.6 Å². The van der Waals surface area contributed by atoms with Crippen LogP contribution < -0.4 is 10.8 Å². The van der Waals surface area contributed by atoms with E-state index in [4.69, 9.17) is 9.31 Å². The molecule has 7 heteroatoms.